The highest BCUT2D eigenvalue weighted by atomic mass is 35.5. The van der Waals surface area contributed by atoms with Crippen LogP contribution in [0, 0.1) is 5.82 Å². The van der Waals surface area contributed by atoms with Gasteiger partial charge in [-0.1, -0.05) is 6.07 Å². The maximum absolute atomic E-state index is 13.6. The van der Waals surface area contributed by atoms with Gasteiger partial charge in [0.1, 0.15) is 0 Å². The Bertz CT molecular complexity index is 590. The van der Waals surface area contributed by atoms with Gasteiger partial charge in [0.2, 0.25) is 0 Å². The molecule has 0 saturated carbocycles. The molecular formula is C20H35Cl3FN3O2. The lowest BCUT2D eigenvalue weighted by Gasteiger charge is -2.38. The number of piperazine rings is 1. The van der Waals surface area contributed by atoms with Crippen molar-refractivity contribution in [1.29, 1.82) is 0 Å². The summed E-state index contributed by atoms with van der Waals surface area (Å²) in [5, 5.41) is 3.59. The first-order chi connectivity index (χ1) is 12.5. The molecule has 29 heavy (non-hydrogen) atoms. The summed E-state index contributed by atoms with van der Waals surface area (Å²) < 4.78 is 24.5. The fourth-order valence-electron chi connectivity index (χ4n) is 4.10. The molecule has 1 aromatic carbocycles. The second kappa shape index (κ2) is 13.9. The molecule has 3 atom stereocenters. The van der Waals surface area contributed by atoms with Crippen LogP contribution in [-0.4, -0.2) is 81.0 Å². The molecule has 5 nitrogen and oxygen atoms in total. The zero-order chi connectivity index (χ0) is 18.5. The summed E-state index contributed by atoms with van der Waals surface area (Å²) in [5.41, 5.74) is 1.11. The smallest absolute Gasteiger partial charge is 0.165 e. The van der Waals surface area contributed by atoms with Crippen molar-refractivity contribution in [2.75, 3.05) is 52.9 Å². The molecule has 2 heterocycles. The van der Waals surface area contributed by atoms with E-state index in [-0.39, 0.29) is 43.0 Å². The quantitative estimate of drug-likeness (QED) is 0.686. The highest BCUT2D eigenvalue weighted by Crippen LogP contribution is 2.20. The van der Waals surface area contributed by atoms with E-state index in [1.807, 2.05) is 12.1 Å². The van der Waals surface area contributed by atoms with Crippen LogP contribution in [-0.2, 0) is 11.2 Å². The van der Waals surface area contributed by atoms with E-state index in [9.17, 15) is 4.39 Å². The first kappa shape index (κ1) is 28.7. The molecule has 2 unspecified atom stereocenters. The van der Waals surface area contributed by atoms with Crippen molar-refractivity contribution >= 4 is 37.2 Å². The Kier molecular flexibility index (Phi) is 13.7. The van der Waals surface area contributed by atoms with Crippen LogP contribution in [0.3, 0.4) is 0 Å². The number of benzene rings is 1. The van der Waals surface area contributed by atoms with E-state index in [2.05, 4.69) is 29.0 Å². The van der Waals surface area contributed by atoms with Gasteiger partial charge in [-0.2, -0.15) is 0 Å². The molecule has 2 saturated heterocycles. The molecule has 0 aromatic heterocycles. The first-order valence-corrected chi connectivity index (χ1v) is 9.69. The summed E-state index contributed by atoms with van der Waals surface area (Å²) in [4.78, 5) is 5.05. The van der Waals surface area contributed by atoms with Gasteiger partial charge in [0.05, 0.1) is 19.3 Å². The minimum atomic E-state index is -0.302. The topological polar surface area (TPSA) is 37.0 Å². The standard InChI is InChI=1S/C20H32FN3O2.3ClH/c1-15-12-24(13-16(2)26-15)9-8-23-7-6-22-18(14-23)10-17-4-5-19(21)20(11-17)25-3;;;/h4-5,11,15-16,18,22H,6-10,12-14H2,1-3H3;3*1H/t15?,16?,18-;;;/m1.../s1. The van der Waals surface area contributed by atoms with Gasteiger partial charge < -0.3 is 14.8 Å². The number of hydrogen-bond acceptors (Lipinski definition) is 5. The minimum absolute atomic E-state index is 0. The van der Waals surface area contributed by atoms with E-state index in [4.69, 9.17) is 9.47 Å². The number of hydrogen-bond donors (Lipinski definition) is 1. The Hall–Kier alpha value is -0.340. The van der Waals surface area contributed by atoms with E-state index in [0.29, 0.717) is 24.0 Å². The fraction of sp³-hybridized carbons (Fsp3) is 0.700. The predicted octanol–water partition coefficient (Wildman–Crippen LogP) is 3.03. The van der Waals surface area contributed by atoms with Crippen LogP contribution >= 0.6 is 37.2 Å². The van der Waals surface area contributed by atoms with Gasteiger partial charge in [0, 0.05) is 51.9 Å². The molecule has 2 fully saturated rings. The number of nitrogens with one attached hydrogen (secondary N) is 1. The number of ether oxygens (including phenoxy) is 2. The summed E-state index contributed by atoms with van der Waals surface area (Å²) >= 11 is 0. The molecule has 0 radical (unpaired) electrons. The molecule has 1 N–H and O–H groups in total. The van der Waals surface area contributed by atoms with Crippen molar-refractivity contribution in [3.8, 4) is 5.75 Å². The summed E-state index contributed by atoms with van der Waals surface area (Å²) in [5.74, 6) is 0.0224. The van der Waals surface area contributed by atoms with Crippen LogP contribution in [0.2, 0.25) is 0 Å². The van der Waals surface area contributed by atoms with Crippen molar-refractivity contribution in [3.63, 3.8) is 0 Å². The second-order valence-corrected chi connectivity index (χ2v) is 7.64. The van der Waals surface area contributed by atoms with Crippen LogP contribution in [0.25, 0.3) is 0 Å². The van der Waals surface area contributed by atoms with Crippen molar-refractivity contribution in [2.24, 2.45) is 0 Å². The van der Waals surface area contributed by atoms with Crippen LogP contribution in [0.4, 0.5) is 4.39 Å². The monoisotopic (exact) mass is 473 g/mol. The van der Waals surface area contributed by atoms with Gasteiger partial charge in [-0.3, -0.25) is 9.80 Å². The molecule has 2 aliphatic heterocycles. The largest absolute Gasteiger partial charge is 0.494 e. The normalized spacial score (nSPS) is 25.3. The zero-order valence-electron chi connectivity index (χ0n) is 17.4. The van der Waals surface area contributed by atoms with Gasteiger partial charge in [0.15, 0.2) is 11.6 Å². The van der Waals surface area contributed by atoms with Gasteiger partial charge >= 0.3 is 0 Å². The summed E-state index contributed by atoms with van der Waals surface area (Å²) in [6.07, 6.45) is 1.53. The summed E-state index contributed by atoms with van der Waals surface area (Å²) in [6.45, 7) is 11.6. The Balaban J connectivity index is 0.00000261. The fourth-order valence-corrected chi connectivity index (χ4v) is 4.10. The molecule has 3 rings (SSSR count). The predicted molar refractivity (Wildman–Crippen MR) is 123 cm³/mol. The second-order valence-electron chi connectivity index (χ2n) is 7.64. The maximum atomic E-state index is 13.6. The third kappa shape index (κ3) is 8.74. The van der Waals surface area contributed by atoms with Gasteiger partial charge in [-0.05, 0) is 38.0 Å². The van der Waals surface area contributed by atoms with Gasteiger partial charge in [0.25, 0.3) is 0 Å². The molecule has 0 spiro atoms. The van der Waals surface area contributed by atoms with E-state index in [1.54, 1.807) is 0 Å². The van der Waals surface area contributed by atoms with Crippen LogP contribution < -0.4 is 10.1 Å². The highest BCUT2D eigenvalue weighted by molar-refractivity contribution is 5.86. The first-order valence-electron chi connectivity index (χ1n) is 9.69. The third-order valence-electron chi connectivity index (χ3n) is 5.26. The Morgan fingerprint density at radius 1 is 1.07 bits per heavy atom. The molecule has 0 aliphatic carbocycles. The van der Waals surface area contributed by atoms with Crippen LogP contribution in [0.1, 0.15) is 19.4 Å². The van der Waals surface area contributed by atoms with Gasteiger partial charge in [-0.25, -0.2) is 4.39 Å². The van der Waals surface area contributed by atoms with Crippen molar-refractivity contribution in [3.05, 3.63) is 29.6 Å². The minimum Gasteiger partial charge on any atom is -0.494 e. The molecule has 0 bridgehead atoms. The Morgan fingerprint density at radius 3 is 2.38 bits per heavy atom. The molecule has 170 valence electrons. The number of halogens is 4. The lowest BCUT2D eigenvalue weighted by Crippen LogP contribution is -2.54. The number of rotatable bonds is 6. The molecule has 0 amide bonds. The lowest BCUT2D eigenvalue weighted by atomic mass is 10.0. The van der Waals surface area contributed by atoms with E-state index >= 15 is 0 Å². The molecule has 2 aliphatic rings. The van der Waals surface area contributed by atoms with Crippen LogP contribution in [0.5, 0.6) is 5.75 Å². The Morgan fingerprint density at radius 2 is 1.72 bits per heavy atom. The average Bonchev–Trinajstić information content (AvgIpc) is 2.61. The van der Waals surface area contributed by atoms with Crippen molar-refractivity contribution in [2.45, 2.75) is 38.5 Å². The van der Waals surface area contributed by atoms with Crippen molar-refractivity contribution < 1.29 is 13.9 Å². The zero-order valence-corrected chi connectivity index (χ0v) is 19.9. The molecule has 9 heteroatoms. The third-order valence-corrected chi connectivity index (χ3v) is 5.26. The molecule has 1 aromatic rings. The van der Waals surface area contributed by atoms with Gasteiger partial charge in [-0.15, -0.1) is 37.2 Å². The van der Waals surface area contributed by atoms with Crippen molar-refractivity contribution in [1.82, 2.24) is 15.1 Å². The SMILES string of the molecule is COc1cc(C[C@@H]2CN(CCN3CC(C)OC(C)C3)CCN2)ccc1F.Cl.Cl.Cl. The van der Waals surface area contributed by atoms with Crippen LogP contribution in [0.15, 0.2) is 18.2 Å². The molecular weight excluding hydrogens is 440 g/mol. The average molecular weight is 475 g/mol. The summed E-state index contributed by atoms with van der Waals surface area (Å²) in [6, 6.07) is 5.55. The van der Waals surface area contributed by atoms with E-state index in [0.717, 1.165) is 57.8 Å². The Labute approximate surface area is 192 Å². The number of nitrogens with zero attached hydrogens (tertiary/aromatic N) is 2. The number of morpholine rings is 1. The number of methoxy groups -OCH3 is 1. The van der Waals surface area contributed by atoms with E-state index < -0.39 is 0 Å². The lowest BCUT2D eigenvalue weighted by molar-refractivity contribution is -0.0696. The highest BCUT2D eigenvalue weighted by Gasteiger charge is 2.24. The maximum Gasteiger partial charge on any atom is 0.165 e. The van der Waals surface area contributed by atoms with E-state index in [1.165, 1.54) is 13.2 Å². The summed E-state index contributed by atoms with van der Waals surface area (Å²) in [7, 11) is 1.51.